The quantitative estimate of drug-likeness (QED) is 0.260. The van der Waals surface area contributed by atoms with E-state index in [4.69, 9.17) is 27.9 Å². The van der Waals surface area contributed by atoms with Crippen molar-refractivity contribution in [2.24, 2.45) is 5.92 Å². The zero-order valence-corrected chi connectivity index (χ0v) is 17.8. The number of esters is 1. The van der Waals surface area contributed by atoms with Gasteiger partial charge >= 0.3 is 5.97 Å². The highest BCUT2D eigenvalue weighted by Crippen LogP contribution is 2.32. The molecule has 0 aliphatic carbocycles. The van der Waals surface area contributed by atoms with Gasteiger partial charge in [0, 0.05) is 29.7 Å². The molecule has 2 aromatic rings. The Morgan fingerprint density at radius 2 is 1.87 bits per heavy atom. The van der Waals surface area contributed by atoms with E-state index in [0.717, 1.165) is 25.9 Å². The van der Waals surface area contributed by atoms with E-state index in [2.05, 4.69) is 6.92 Å². The summed E-state index contributed by atoms with van der Waals surface area (Å²) in [5, 5.41) is 12.1. The fourth-order valence-corrected chi connectivity index (χ4v) is 3.71. The third kappa shape index (κ3) is 5.09. The van der Waals surface area contributed by atoms with Crippen molar-refractivity contribution in [2.45, 2.75) is 19.8 Å². The van der Waals surface area contributed by atoms with Gasteiger partial charge in [0.25, 0.3) is 5.69 Å². The van der Waals surface area contributed by atoms with Gasteiger partial charge < -0.3 is 9.64 Å². The number of nitro benzene ring substituents is 1. The molecule has 30 heavy (non-hydrogen) atoms. The summed E-state index contributed by atoms with van der Waals surface area (Å²) >= 11 is 11.8. The molecule has 158 valence electrons. The Bertz CT molecular complexity index is 987. The molecule has 0 N–H and O–H groups in total. The molecule has 0 bridgehead atoms. The molecule has 1 heterocycles. The largest absolute Gasteiger partial charge is 0.454 e. The monoisotopic (exact) mass is 450 g/mol. The molecule has 7 nitrogen and oxygen atoms in total. The van der Waals surface area contributed by atoms with Crippen LogP contribution in [0.3, 0.4) is 0 Å². The summed E-state index contributed by atoms with van der Waals surface area (Å²) in [6, 6.07) is 8.62. The lowest BCUT2D eigenvalue weighted by Crippen LogP contribution is -2.33. The van der Waals surface area contributed by atoms with Gasteiger partial charge in [-0.2, -0.15) is 0 Å². The molecule has 0 aromatic heterocycles. The Morgan fingerprint density at radius 3 is 2.53 bits per heavy atom. The van der Waals surface area contributed by atoms with Gasteiger partial charge in [-0.3, -0.25) is 14.9 Å². The lowest BCUT2D eigenvalue weighted by Gasteiger charge is -2.31. The van der Waals surface area contributed by atoms with E-state index in [1.807, 2.05) is 4.90 Å². The molecule has 1 fully saturated rings. The minimum atomic E-state index is -0.830. The van der Waals surface area contributed by atoms with Gasteiger partial charge in [0.1, 0.15) is 5.69 Å². The van der Waals surface area contributed by atoms with Gasteiger partial charge in [-0.25, -0.2) is 4.79 Å². The van der Waals surface area contributed by atoms with E-state index in [-0.39, 0.29) is 21.8 Å². The summed E-state index contributed by atoms with van der Waals surface area (Å²) in [4.78, 5) is 37.7. The van der Waals surface area contributed by atoms with Crippen LogP contribution in [0.15, 0.2) is 36.4 Å². The number of nitrogens with zero attached hydrogens (tertiary/aromatic N) is 2. The number of anilines is 1. The Balaban J connectivity index is 1.73. The van der Waals surface area contributed by atoms with Crippen molar-refractivity contribution in [3.05, 3.63) is 67.7 Å². The van der Waals surface area contributed by atoms with E-state index in [1.165, 1.54) is 30.3 Å². The number of carbonyl (C=O) groups is 2. The van der Waals surface area contributed by atoms with Crippen molar-refractivity contribution in [1.29, 1.82) is 0 Å². The first-order valence-corrected chi connectivity index (χ1v) is 10.2. The topological polar surface area (TPSA) is 89.8 Å². The highest BCUT2D eigenvalue weighted by Gasteiger charge is 2.25. The zero-order chi connectivity index (χ0) is 21.8. The maximum atomic E-state index is 12.4. The molecule has 0 amide bonds. The van der Waals surface area contributed by atoms with Crippen LogP contribution in [-0.4, -0.2) is 36.4 Å². The minimum Gasteiger partial charge on any atom is -0.454 e. The molecule has 0 spiro atoms. The Hall–Kier alpha value is -2.64. The highest BCUT2D eigenvalue weighted by atomic mass is 35.5. The summed E-state index contributed by atoms with van der Waals surface area (Å²) < 4.78 is 5.05. The lowest BCUT2D eigenvalue weighted by atomic mass is 9.98. The molecule has 0 radical (unpaired) electrons. The Kier molecular flexibility index (Phi) is 6.95. The average Bonchev–Trinajstić information content (AvgIpc) is 2.73. The number of hydrogen-bond acceptors (Lipinski definition) is 6. The summed E-state index contributed by atoms with van der Waals surface area (Å²) in [6.07, 6.45) is 1.91. The van der Waals surface area contributed by atoms with Gasteiger partial charge in [-0.05, 0) is 49.1 Å². The molecule has 3 rings (SSSR count). The van der Waals surface area contributed by atoms with E-state index in [0.29, 0.717) is 16.6 Å². The number of halogens is 2. The van der Waals surface area contributed by atoms with Crippen molar-refractivity contribution in [3.63, 3.8) is 0 Å². The second kappa shape index (κ2) is 9.45. The van der Waals surface area contributed by atoms with Crippen molar-refractivity contribution in [1.82, 2.24) is 0 Å². The Morgan fingerprint density at radius 1 is 1.17 bits per heavy atom. The molecule has 1 aliphatic heterocycles. The van der Waals surface area contributed by atoms with Crippen LogP contribution < -0.4 is 4.90 Å². The number of rotatable bonds is 6. The van der Waals surface area contributed by atoms with E-state index < -0.39 is 23.3 Å². The molecule has 2 aromatic carbocycles. The van der Waals surface area contributed by atoms with Crippen LogP contribution in [0.5, 0.6) is 0 Å². The zero-order valence-electron chi connectivity index (χ0n) is 16.3. The molecular weight excluding hydrogens is 431 g/mol. The van der Waals surface area contributed by atoms with Crippen LogP contribution >= 0.6 is 23.2 Å². The van der Waals surface area contributed by atoms with Crippen LogP contribution in [0.1, 0.15) is 40.5 Å². The third-order valence-electron chi connectivity index (χ3n) is 5.10. The number of piperidine rings is 1. The molecule has 0 saturated carbocycles. The fraction of sp³-hybridized carbons (Fsp3) is 0.333. The van der Waals surface area contributed by atoms with Crippen molar-refractivity contribution < 1.29 is 19.2 Å². The van der Waals surface area contributed by atoms with Gasteiger partial charge in [-0.1, -0.05) is 30.1 Å². The van der Waals surface area contributed by atoms with Gasteiger partial charge in [0.15, 0.2) is 6.61 Å². The lowest BCUT2D eigenvalue weighted by molar-refractivity contribution is -0.384. The number of carbonyl (C=O) groups excluding carboxylic acids is 2. The van der Waals surface area contributed by atoms with E-state index in [1.54, 1.807) is 6.07 Å². The van der Waals surface area contributed by atoms with Crippen LogP contribution in [0.4, 0.5) is 11.4 Å². The Labute approximate surface area is 183 Å². The SMILES string of the molecule is CC1CCN(c2ccc(C(=O)OCC(=O)c3cc(Cl)ccc3Cl)cc2[N+](=O)[O-])CC1. The van der Waals surface area contributed by atoms with E-state index >= 15 is 0 Å². The molecular formula is C21H20Cl2N2O5. The predicted octanol–water partition coefficient (Wildman–Crippen LogP) is 5.18. The van der Waals surface area contributed by atoms with Crippen molar-refractivity contribution in [2.75, 3.05) is 24.6 Å². The predicted molar refractivity (Wildman–Crippen MR) is 115 cm³/mol. The molecule has 1 aliphatic rings. The first-order chi connectivity index (χ1) is 14.3. The average molecular weight is 451 g/mol. The van der Waals surface area contributed by atoms with Crippen LogP contribution in [0.2, 0.25) is 10.0 Å². The summed E-state index contributed by atoms with van der Waals surface area (Å²) in [7, 11) is 0. The number of nitro groups is 1. The highest BCUT2D eigenvalue weighted by molar-refractivity contribution is 6.36. The second-order valence-electron chi connectivity index (χ2n) is 7.25. The van der Waals surface area contributed by atoms with Gasteiger partial charge in [-0.15, -0.1) is 0 Å². The molecule has 9 heteroatoms. The van der Waals surface area contributed by atoms with Crippen LogP contribution in [-0.2, 0) is 4.74 Å². The van der Waals surface area contributed by atoms with Gasteiger partial charge in [0.05, 0.1) is 15.5 Å². The summed E-state index contributed by atoms with van der Waals surface area (Å²) in [5.74, 6) is -0.770. The molecule has 1 saturated heterocycles. The van der Waals surface area contributed by atoms with E-state index in [9.17, 15) is 19.7 Å². The van der Waals surface area contributed by atoms with Gasteiger partial charge in [0.2, 0.25) is 5.78 Å². The number of ether oxygens (including phenoxy) is 1. The second-order valence-corrected chi connectivity index (χ2v) is 8.10. The summed E-state index contributed by atoms with van der Waals surface area (Å²) in [6.45, 7) is 3.04. The normalized spacial score (nSPS) is 14.4. The first-order valence-electron chi connectivity index (χ1n) is 9.45. The maximum Gasteiger partial charge on any atom is 0.338 e. The fourth-order valence-electron chi connectivity index (χ4n) is 3.32. The van der Waals surface area contributed by atoms with Crippen molar-refractivity contribution >= 4 is 46.3 Å². The molecule has 0 unspecified atom stereocenters. The number of hydrogen-bond donors (Lipinski definition) is 0. The first kappa shape index (κ1) is 22.1. The number of benzene rings is 2. The standard InChI is InChI=1S/C21H20Cl2N2O5/c1-13-6-8-24(9-7-13)18-5-2-14(10-19(18)25(28)29)21(27)30-12-20(26)16-11-15(22)3-4-17(16)23/h2-5,10-11,13H,6-9,12H2,1H3. The van der Waals surface area contributed by atoms with Crippen LogP contribution in [0.25, 0.3) is 0 Å². The third-order valence-corrected chi connectivity index (χ3v) is 5.66. The maximum absolute atomic E-state index is 12.4. The van der Waals surface area contributed by atoms with Crippen molar-refractivity contribution in [3.8, 4) is 0 Å². The minimum absolute atomic E-state index is 0.000758. The van der Waals surface area contributed by atoms with Crippen LogP contribution in [0, 0.1) is 16.0 Å². The smallest absolute Gasteiger partial charge is 0.338 e. The number of Topliss-reactive ketones (excluding diaryl/α,β-unsaturated/α-hetero) is 1. The molecule has 0 atom stereocenters. The summed E-state index contributed by atoms with van der Waals surface area (Å²) in [5.41, 5.74) is 0.451. The number of ketones is 1.